The summed E-state index contributed by atoms with van der Waals surface area (Å²) in [5.74, 6) is 1.50. The zero-order chi connectivity index (χ0) is 10.4. The van der Waals surface area contributed by atoms with Gasteiger partial charge in [0.25, 0.3) is 0 Å². The lowest BCUT2D eigenvalue weighted by Crippen LogP contribution is -2.42. The summed E-state index contributed by atoms with van der Waals surface area (Å²) >= 11 is 0. The SMILES string of the molecule is COCCCN1CCC(CN)C(C)C1. The molecule has 1 fully saturated rings. The molecular weight excluding hydrogens is 176 g/mol. The van der Waals surface area contributed by atoms with Gasteiger partial charge in [-0.3, -0.25) is 0 Å². The molecule has 0 saturated carbocycles. The number of rotatable bonds is 5. The van der Waals surface area contributed by atoms with Gasteiger partial charge in [0.1, 0.15) is 0 Å². The van der Waals surface area contributed by atoms with Crippen LogP contribution in [0.5, 0.6) is 0 Å². The molecule has 1 heterocycles. The molecule has 0 aromatic heterocycles. The smallest absolute Gasteiger partial charge is 0.0474 e. The first-order chi connectivity index (χ1) is 6.77. The second-order valence-electron chi connectivity index (χ2n) is 4.41. The third kappa shape index (κ3) is 3.56. The van der Waals surface area contributed by atoms with Gasteiger partial charge in [-0.2, -0.15) is 0 Å². The second kappa shape index (κ2) is 6.38. The molecule has 2 unspecified atom stereocenters. The lowest BCUT2D eigenvalue weighted by molar-refractivity contribution is 0.115. The highest BCUT2D eigenvalue weighted by Gasteiger charge is 2.24. The normalized spacial score (nSPS) is 29.4. The van der Waals surface area contributed by atoms with E-state index in [-0.39, 0.29) is 0 Å². The average Bonchev–Trinajstić information content (AvgIpc) is 2.18. The summed E-state index contributed by atoms with van der Waals surface area (Å²) in [6, 6.07) is 0. The van der Waals surface area contributed by atoms with Gasteiger partial charge in [-0.05, 0) is 37.8 Å². The van der Waals surface area contributed by atoms with E-state index in [4.69, 9.17) is 10.5 Å². The number of hydrogen-bond donors (Lipinski definition) is 1. The van der Waals surface area contributed by atoms with Crippen molar-refractivity contribution in [3.63, 3.8) is 0 Å². The molecule has 14 heavy (non-hydrogen) atoms. The fraction of sp³-hybridized carbons (Fsp3) is 1.00. The van der Waals surface area contributed by atoms with Gasteiger partial charge in [0.15, 0.2) is 0 Å². The molecule has 0 aromatic rings. The number of nitrogens with zero attached hydrogens (tertiary/aromatic N) is 1. The standard InChI is InChI=1S/C11H24N2O/c1-10-9-13(5-3-7-14-2)6-4-11(10)8-12/h10-11H,3-9,12H2,1-2H3. The zero-order valence-corrected chi connectivity index (χ0v) is 9.54. The summed E-state index contributed by atoms with van der Waals surface area (Å²) in [4.78, 5) is 2.54. The van der Waals surface area contributed by atoms with Crippen LogP contribution in [-0.2, 0) is 4.74 Å². The first-order valence-corrected chi connectivity index (χ1v) is 5.69. The number of hydrogen-bond acceptors (Lipinski definition) is 3. The predicted octanol–water partition coefficient (Wildman–Crippen LogP) is 0.940. The predicted molar refractivity (Wildman–Crippen MR) is 59.3 cm³/mol. The van der Waals surface area contributed by atoms with Gasteiger partial charge >= 0.3 is 0 Å². The zero-order valence-electron chi connectivity index (χ0n) is 9.54. The molecule has 0 aliphatic carbocycles. The third-order valence-corrected chi connectivity index (χ3v) is 3.29. The van der Waals surface area contributed by atoms with Crippen LogP contribution in [0.25, 0.3) is 0 Å². The summed E-state index contributed by atoms with van der Waals surface area (Å²) in [5.41, 5.74) is 5.72. The highest BCUT2D eigenvalue weighted by atomic mass is 16.5. The van der Waals surface area contributed by atoms with E-state index in [1.54, 1.807) is 7.11 Å². The largest absolute Gasteiger partial charge is 0.385 e. The van der Waals surface area contributed by atoms with Crippen molar-refractivity contribution in [1.82, 2.24) is 4.90 Å². The van der Waals surface area contributed by atoms with Gasteiger partial charge in [0, 0.05) is 26.8 Å². The number of ether oxygens (including phenoxy) is 1. The van der Waals surface area contributed by atoms with Crippen LogP contribution in [0.2, 0.25) is 0 Å². The summed E-state index contributed by atoms with van der Waals surface area (Å²) in [7, 11) is 1.77. The van der Waals surface area contributed by atoms with Gasteiger partial charge in [-0.1, -0.05) is 6.92 Å². The Balaban J connectivity index is 2.18. The minimum atomic E-state index is 0.744. The fourth-order valence-electron chi connectivity index (χ4n) is 2.27. The Morgan fingerprint density at radius 3 is 2.86 bits per heavy atom. The van der Waals surface area contributed by atoms with E-state index in [2.05, 4.69) is 11.8 Å². The summed E-state index contributed by atoms with van der Waals surface area (Å²) in [6.07, 6.45) is 2.42. The Kier molecular flexibility index (Phi) is 5.45. The summed E-state index contributed by atoms with van der Waals surface area (Å²) in [5, 5.41) is 0. The number of likely N-dealkylation sites (tertiary alicyclic amines) is 1. The first-order valence-electron chi connectivity index (χ1n) is 5.69. The Hall–Kier alpha value is -0.120. The molecule has 1 saturated heterocycles. The van der Waals surface area contributed by atoms with Crippen LogP contribution < -0.4 is 5.73 Å². The van der Waals surface area contributed by atoms with Gasteiger partial charge in [0.05, 0.1) is 0 Å². The topological polar surface area (TPSA) is 38.5 Å². The highest BCUT2D eigenvalue weighted by Crippen LogP contribution is 2.21. The van der Waals surface area contributed by atoms with Gasteiger partial charge in [-0.25, -0.2) is 0 Å². The molecule has 2 N–H and O–H groups in total. The monoisotopic (exact) mass is 200 g/mol. The van der Waals surface area contributed by atoms with E-state index in [1.807, 2.05) is 0 Å². The Labute approximate surface area is 87.6 Å². The summed E-state index contributed by atoms with van der Waals surface area (Å²) < 4.78 is 5.06. The molecule has 1 rings (SSSR count). The van der Waals surface area contributed by atoms with Crippen molar-refractivity contribution >= 4 is 0 Å². The third-order valence-electron chi connectivity index (χ3n) is 3.29. The van der Waals surface area contributed by atoms with Gasteiger partial charge in [-0.15, -0.1) is 0 Å². The van der Waals surface area contributed by atoms with Crippen molar-refractivity contribution in [2.24, 2.45) is 17.6 Å². The number of methoxy groups -OCH3 is 1. The van der Waals surface area contributed by atoms with Crippen molar-refractivity contribution in [3.05, 3.63) is 0 Å². The molecule has 0 radical (unpaired) electrons. The van der Waals surface area contributed by atoms with Crippen LogP contribution in [0.4, 0.5) is 0 Å². The Morgan fingerprint density at radius 1 is 1.50 bits per heavy atom. The van der Waals surface area contributed by atoms with Crippen molar-refractivity contribution in [2.75, 3.05) is 39.9 Å². The number of piperidine rings is 1. The fourth-order valence-corrected chi connectivity index (χ4v) is 2.27. The van der Waals surface area contributed by atoms with Crippen molar-refractivity contribution in [2.45, 2.75) is 19.8 Å². The lowest BCUT2D eigenvalue weighted by atomic mass is 9.87. The second-order valence-corrected chi connectivity index (χ2v) is 4.41. The van der Waals surface area contributed by atoms with E-state index < -0.39 is 0 Å². The molecule has 1 aliphatic rings. The Bertz CT molecular complexity index is 150. The molecule has 3 nitrogen and oxygen atoms in total. The maximum atomic E-state index is 5.72. The molecular formula is C11H24N2O. The quantitative estimate of drug-likeness (QED) is 0.671. The molecule has 0 bridgehead atoms. The van der Waals surface area contributed by atoms with Crippen LogP contribution in [0, 0.1) is 11.8 Å². The molecule has 1 aliphatic heterocycles. The van der Waals surface area contributed by atoms with Gasteiger partial charge in [0.2, 0.25) is 0 Å². The van der Waals surface area contributed by atoms with Crippen molar-refractivity contribution < 1.29 is 4.74 Å². The minimum absolute atomic E-state index is 0.744. The lowest BCUT2D eigenvalue weighted by Gasteiger charge is -2.36. The maximum Gasteiger partial charge on any atom is 0.0474 e. The van der Waals surface area contributed by atoms with E-state index in [0.717, 1.165) is 31.4 Å². The number of nitrogens with two attached hydrogens (primary N) is 1. The van der Waals surface area contributed by atoms with Crippen LogP contribution in [0.1, 0.15) is 19.8 Å². The summed E-state index contributed by atoms with van der Waals surface area (Å²) in [6.45, 7) is 7.66. The van der Waals surface area contributed by atoms with Crippen molar-refractivity contribution in [3.8, 4) is 0 Å². The molecule has 0 spiro atoms. The average molecular weight is 200 g/mol. The molecule has 3 heteroatoms. The van der Waals surface area contributed by atoms with Crippen LogP contribution >= 0.6 is 0 Å². The molecule has 2 atom stereocenters. The van der Waals surface area contributed by atoms with E-state index in [0.29, 0.717) is 0 Å². The maximum absolute atomic E-state index is 5.72. The minimum Gasteiger partial charge on any atom is -0.385 e. The Morgan fingerprint density at radius 2 is 2.29 bits per heavy atom. The molecule has 0 amide bonds. The van der Waals surface area contributed by atoms with Gasteiger partial charge < -0.3 is 15.4 Å². The highest BCUT2D eigenvalue weighted by molar-refractivity contribution is 4.78. The first kappa shape index (κ1) is 12.0. The van der Waals surface area contributed by atoms with E-state index in [9.17, 15) is 0 Å². The van der Waals surface area contributed by atoms with Crippen LogP contribution in [0.3, 0.4) is 0 Å². The van der Waals surface area contributed by atoms with Crippen LogP contribution in [0.15, 0.2) is 0 Å². The van der Waals surface area contributed by atoms with E-state index in [1.165, 1.54) is 26.1 Å². The van der Waals surface area contributed by atoms with Crippen LogP contribution in [-0.4, -0.2) is 44.8 Å². The van der Waals surface area contributed by atoms with Crippen molar-refractivity contribution in [1.29, 1.82) is 0 Å². The van der Waals surface area contributed by atoms with E-state index >= 15 is 0 Å². The molecule has 0 aromatic carbocycles. The molecule has 84 valence electrons.